The lowest BCUT2D eigenvalue weighted by Crippen LogP contribution is -2.42. The Balaban J connectivity index is 1.49. The molecule has 7 heteroatoms. The Labute approximate surface area is 236 Å². The molecule has 2 N–H and O–H groups in total. The van der Waals surface area contributed by atoms with Crippen LogP contribution in [0.4, 0.5) is 11.4 Å². The van der Waals surface area contributed by atoms with E-state index in [4.69, 9.17) is 9.47 Å². The van der Waals surface area contributed by atoms with E-state index in [9.17, 15) is 9.59 Å². The summed E-state index contributed by atoms with van der Waals surface area (Å²) in [5.41, 5.74) is 5.26. The fraction of sp³-hybridized carbons (Fsp3) is 0.333. The SMILES string of the molecule is COc1ccc(CCNC(=O)CN2c3ccccc3NC3=C(C(=O)CC(C)(C)C3)C2c2cccc(OC)c2)cc1. The van der Waals surface area contributed by atoms with Gasteiger partial charge in [0.25, 0.3) is 0 Å². The minimum absolute atomic E-state index is 0.0939. The number of rotatable bonds is 8. The van der Waals surface area contributed by atoms with Crippen LogP contribution in [-0.2, 0) is 16.0 Å². The molecule has 2 aliphatic rings. The van der Waals surface area contributed by atoms with Gasteiger partial charge in [-0.05, 0) is 65.8 Å². The van der Waals surface area contributed by atoms with E-state index in [1.54, 1.807) is 14.2 Å². The molecule has 40 heavy (non-hydrogen) atoms. The van der Waals surface area contributed by atoms with Gasteiger partial charge in [0.05, 0.1) is 38.2 Å². The lowest BCUT2D eigenvalue weighted by molar-refractivity contribution is -0.120. The van der Waals surface area contributed by atoms with Crippen molar-refractivity contribution in [1.82, 2.24) is 5.32 Å². The van der Waals surface area contributed by atoms with Gasteiger partial charge in [-0.25, -0.2) is 0 Å². The number of benzene rings is 3. The summed E-state index contributed by atoms with van der Waals surface area (Å²) in [4.78, 5) is 29.3. The predicted octanol–water partition coefficient (Wildman–Crippen LogP) is 5.68. The van der Waals surface area contributed by atoms with Gasteiger partial charge >= 0.3 is 0 Å². The summed E-state index contributed by atoms with van der Waals surface area (Å²) >= 11 is 0. The number of hydrogen-bond acceptors (Lipinski definition) is 6. The molecule has 1 aliphatic carbocycles. The summed E-state index contributed by atoms with van der Waals surface area (Å²) in [7, 11) is 3.28. The number of ether oxygens (including phenoxy) is 2. The maximum atomic E-state index is 13.8. The maximum absolute atomic E-state index is 13.8. The van der Waals surface area contributed by atoms with E-state index in [1.165, 1.54) is 0 Å². The van der Waals surface area contributed by atoms with Gasteiger partial charge < -0.3 is 25.0 Å². The van der Waals surface area contributed by atoms with E-state index in [2.05, 4.69) is 29.4 Å². The number of amides is 1. The highest BCUT2D eigenvalue weighted by Crippen LogP contribution is 2.48. The number of Topliss-reactive ketones (excluding diaryl/α,β-unsaturated/α-hetero) is 1. The molecule has 0 spiro atoms. The van der Waals surface area contributed by atoms with Crippen molar-refractivity contribution in [1.29, 1.82) is 0 Å². The minimum Gasteiger partial charge on any atom is -0.497 e. The van der Waals surface area contributed by atoms with Crippen LogP contribution in [0.1, 0.15) is 43.9 Å². The summed E-state index contributed by atoms with van der Waals surface area (Å²) < 4.78 is 10.8. The maximum Gasteiger partial charge on any atom is 0.239 e. The largest absolute Gasteiger partial charge is 0.497 e. The first-order chi connectivity index (χ1) is 19.3. The lowest BCUT2D eigenvalue weighted by Gasteiger charge is -2.38. The van der Waals surface area contributed by atoms with Gasteiger partial charge in [0, 0.05) is 24.2 Å². The third-order valence-electron chi connectivity index (χ3n) is 7.62. The van der Waals surface area contributed by atoms with Crippen molar-refractivity contribution in [3.05, 3.63) is 95.2 Å². The Morgan fingerprint density at radius 1 is 0.975 bits per heavy atom. The van der Waals surface area contributed by atoms with Gasteiger partial charge in [0.2, 0.25) is 5.91 Å². The van der Waals surface area contributed by atoms with E-state index < -0.39 is 6.04 Å². The van der Waals surface area contributed by atoms with Crippen molar-refractivity contribution in [2.24, 2.45) is 5.41 Å². The zero-order valence-electron chi connectivity index (χ0n) is 23.6. The van der Waals surface area contributed by atoms with Crippen LogP contribution in [-0.4, -0.2) is 39.0 Å². The van der Waals surface area contributed by atoms with E-state index in [-0.39, 0.29) is 23.7 Å². The van der Waals surface area contributed by atoms with Crippen molar-refractivity contribution < 1.29 is 19.1 Å². The van der Waals surface area contributed by atoms with Gasteiger partial charge in [-0.1, -0.05) is 50.2 Å². The molecule has 7 nitrogen and oxygen atoms in total. The number of nitrogens with zero attached hydrogens (tertiary/aromatic N) is 1. The molecule has 0 saturated carbocycles. The second-order valence-electron chi connectivity index (χ2n) is 11.2. The molecule has 1 unspecified atom stereocenters. The second-order valence-corrected chi connectivity index (χ2v) is 11.2. The van der Waals surface area contributed by atoms with Crippen LogP contribution in [0.5, 0.6) is 11.5 Å². The number of methoxy groups -OCH3 is 2. The molecule has 0 aromatic heterocycles. The average Bonchev–Trinajstić information content (AvgIpc) is 3.07. The van der Waals surface area contributed by atoms with Gasteiger partial charge in [-0.3, -0.25) is 9.59 Å². The number of fused-ring (bicyclic) bond motifs is 1. The second kappa shape index (κ2) is 11.5. The van der Waals surface area contributed by atoms with Crippen LogP contribution in [0.15, 0.2) is 84.1 Å². The molecule has 3 aromatic carbocycles. The Morgan fingerprint density at radius 3 is 2.48 bits per heavy atom. The van der Waals surface area contributed by atoms with Crippen molar-refractivity contribution >= 4 is 23.1 Å². The highest BCUT2D eigenvalue weighted by molar-refractivity contribution is 6.02. The quantitative estimate of drug-likeness (QED) is 0.384. The molecule has 0 bridgehead atoms. The van der Waals surface area contributed by atoms with Crippen LogP contribution in [0, 0.1) is 5.41 Å². The summed E-state index contributed by atoms with van der Waals surface area (Å²) in [6, 6.07) is 23.2. The van der Waals surface area contributed by atoms with Crippen LogP contribution >= 0.6 is 0 Å². The highest BCUT2D eigenvalue weighted by Gasteiger charge is 2.42. The Bertz CT molecular complexity index is 1430. The fourth-order valence-corrected chi connectivity index (χ4v) is 5.73. The molecule has 0 radical (unpaired) electrons. The number of para-hydroxylation sites is 2. The number of carbonyl (C=O) groups is 2. The first kappa shape index (κ1) is 27.3. The molecule has 3 aromatic rings. The summed E-state index contributed by atoms with van der Waals surface area (Å²) in [5, 5.41) is 6.69. The van der Waals surface area contributed by atoms with Crippen molar-refractivity contribution in [3.8, 4) is 11.5 Å². The summed E-state index contributed by atoms with van der Waals surface area (Å²) in [6.45, 7) is 4.85. The molecular formula is C33H37N3O4. The standard InChI is InChI=1S/C33H37N3O4/c1-33(2)19-27-31(29(37)20-33)32(23-8-7-9-25(18-23)40-4)36(28-11-6-5-10-26(28)35-27)21-30(38)34-17-16-22-12-14-24(39-3)15-13-22/h5-15,18,32,35H,16-17,19-21H2,1-4H3,(H,34,38). The fourth-order valence-electron chi connectivity index (χ4n) is 5.73. The molecule has 1 aliphatic heterocycles. The smallest absolute Gasteiger partial charge is 0.239 e. The van der Waals surface area contributed by atoms with E-state index in [1.807, 2.05) is 72.8 Å². The zero-order chi connectivity index (χ0) is 28.3. The Hall–Kier alpha value is -4.26. The average molecular weight is 540 g/mol. The van der Waals surface area contributed by atoms with Gasteiger partial charge in [-0.15, -0.1) is 0 Å². The summed E-state index contributed by atoms with van der Waals surface area (Å²) in [5.74, 6) is 1.50. The number of anilines is 2. The summed E-state index contributed by atoms with van der Waals surface area (Å²) in [6.07, 6.45) is 1.90. The van der Waals surface area contributed by atoms with Crippen molar-refractivity contribution in [2.45, 2.75) is 39.2 Å². The van der Waals surface area contributed by atoms with Crippen molar-refractivity contribution in [3.63, 3.8) is 0 Å². The third kappa shape index (κ3) is 5.83. The van der Waals surface area contributed by atoms with E-state index >= 15 is 0 Å². The highest BCUT2D eigenvalue weighted by atomic mass is 16.5. The molecule has 0 fully saturated rings. The monoisotopic (exact) mass is 539 g/mol. The third-order valence-corrected chi connectivity index (χ3v) is 7.62. The Morgan fingerprint density at radius 2 is 1.73 bits per heavy atom. The topological polar surface area (TPSA) is 79.9 Å². The number of ketones is 1. The number of nitrogens with one attached hydrogen (secondary N) is 2. The number of carbonyl (C=O) groups excluding carboxylic acids is 2. The first-order valence-electron chi connectivity index (χ1n) is 13.7. The van der Waals surface area contributed by atoms with Crippen molar-refractivity contribution in [2.75, 3.05) is 37.5 Å². The molecule has 1 amide bonds. The van der Waals surface area contributed by atoms with Crippen LogP contribution in [0.2, 0.25) is 0 Å². The van der Waals surface area contributed by atoms with Crippen LogP contribution in [0.3, 0.4) is 0 Å². The van der Waals surface area contributed by atoms with E-state index in [0.717, 1.165) is 45.9 Å². The van der Waals surface area contributed by atoms with Gasteiger partial charge in [-0.2, -0.15) is 0 Å². The van der Waals surface area contributed by atoms with Crippen LogP contribution in [0.25, 0.3) is 0 Å². The normalized spacial score (nSPS) is 17.8. The minimum atomic E-state index is -0.447. The van der Waals surface area contributed by atoms with Crippen LogP contribution < -0.4 is 25.0 Å². The first-order valence-corrected chi connectivity index (χ1v) is 13.7. The molecule has 5 rings (SSSR count). The molecule has 0 saturated heterocycles. The van der Waals surface area contributed by atoms with E-state index in [0.29, 0.717) is 25.1 Å². The molecule has 1 atom stereocenters. The van der Waals surface area contributed by atoms with Gasteiger partial charge in [0.1, 0.15) is 11.5 Å². The van der Waals surface area contributed by atoms with Gasteiger partial charge in [0.15, 0.2) is 5.78 Å². The number of hydrogen-bond donors (Lipinski definition) is 2. The predicted molar refractivity (Wildman–Crippen MR) is 158 cm³/mol. The molecule has 1 heterocycles. The zero-order valence-corrected chi connectivity index (χ0v) is 23.6. The molecule has 208 valence electrons. The molecular weight excluding hydrogens is 502 g/mol. The lowest BCUT2D eigenvalue weighted by atomic mass is 9.73. The Kier molecular flexibility index (Phi) is 7.83. The number of allylic oxidation sites excluding steroid dienone is 1.